The van der Waals surface area contributed by atoms with Crippen LogP contribution in [0.15, 0.2) is 77.7 Å². The molecule has 0 atom stereocenters. The highest BCUT2D eigenvalue weighted by atomic mass is 35.5. The maximum absolute atomic E-state index is 13.4. The van der Waals surface area contributed by atoms with Crippen molar-refractivity contribution in [3.8, 4) is 11.5 Å². The highest BCUT2D eigenvalue weighted by Gasteiger charge is 2.31. The largest absolute Gasteiger partial charge is 0.497 e. The molecule has 168 valence electrons. The van der Waals surface area contributed by atoms with Gasteiger partial charge in [0.1, 0.15) is 11.5 Å². The van der Waals surface area contributed by atoms with Crippen LogP contribution in [-0.4, -0.2) is 28.0 Å². The number of rotatable bonds is 8. The molecule has 0 aliphatic heterocycles. The van der Waals surface area contributed by atoms with Crippen LogP contribution >= 0.6 is 11.6 Å². The monoisotopic (exact) mass is 473 g/mol. The lowest BCUT2D eigenvalue weighted by Gasteiger charge is -2.23. The number of hydrogen-bond acceptors (Lipinski definition) is 5. The van der Waals surface area contributed by atoms with Crippen molar-refractivity contribution in [2.24, 2.45) is 0 Å². The standard InChI is InChI=1S/C24H24ClNO5S/c1-17(2)22-6-4-5-7-23(22)31-16-24(27)26(19-10-12-20(30-3)13-11-19)32(28,29)21-14-8-18(25)9-15-21/h4-15,17H,16H2,1-3H3. The third-order valence-corrected chi connectivity index (χ3v) is 6.79. The van der Waals surface area contributed by atoms with E-state index in [1.165, 1.54) is 43.5 Å². The number of anilines is 1. The van der Waals surface area contributed by atoms with Crippen LogP contribution in [0, 0.1) is 0 Å². The van der Waals surface area contributed by atoms with Crippen molar-refractivity contribution in [2.75, 3.05) is 18.0 Å². The summed E-state index contributed by atoms with van der Waals surface area (Å²) in [6, 6.07) is 19.2. The van der Waals surface area contributed by atoms with Crippen molar-refractivity contribution in [1.29, 1.82) is 0 Å². The highest BCUT2D eigenvalue weighted by molar-refractivity contribution is 7.93. The summed E-state index contributed by atoms with van der Waals surface area (Å²) < 4.78 is 38.4. The van der Waals surface area contributed by atoms with Crippen LogP contribution in [0.2, 0.25) is 5.02 Å². The Kier molecular flexibility index (Phi) is 7.43. The predicted molar refractivity (Wildman–Crippen MR) is 125 cm³/mol. The van der Waals surface area contributed by atoms with Gasteiger partial charge in [0.15, 0.2) is 6.61 Å². The average Bonchev–Trinajstić information content (AvgIpc) is 2.78. The number of sulfonamides is 1. The highest BCUT2D eigenvalue weighted by Crippen LogP contribution is 2.29. The van der Waals surface area contributed by atoms with Crippen LogP contribution in [0.1, 0.15) is 25.3 Å². The molecule has 8 heteroatoms. The van der Waals surface area contributed by atoms with Gasteiger partial charge in [0.2, 0.25) is 0 Å². The molecule has 0 heterocycles. The molecule has 0 saturated heterocycles. The first-order valence-corrected chi connectivity index (χ1v) is 11.8. The second kappa shape index (κ2) is 10.1. The number of halogens is 1. The lowest BCUT2D eigenvalue weighted by molar-refractivity contribution is -0.119. The van der Waals surface area contributed by atoms with E-state index in [0.29, 0.717) is 16.5 Å². The minimum atomic E-state index is -4.22. The van der Waals surface area contributed by atoms with Crippen molar-refractivity contribution in [3.63, 3.8) is 0 Å². The van der Waals surface area contributed by atoms with Crippen LogP contribution in [-0.2, 0) is 14.8 Å². The van der Waals surface area contributed by atoms with Gasteiger partial charge >= 0.3 is 0 Å². The van der Waals surface area contributed by atoms with Gasteiger partial charge in [-0.05, 0) is 66.1 Å². The topological polar surface area (TPSA) is 72.9 Å². The quantitative estimate of drug-likeness (QED) is 0.445. The zero-order valence-electron chi connectivity index (χ0n) is 18.0. The lowest BCUT2D eigenvalue weighted by Crippen LogP contribution is -2.40. The summed E-state index contributed by atoms with van der Waals surface area (Å²) in [5.74, 6) is 0.516. The van der Waals surface area contributed by atoms with E-state index in [9.17, 15) is 13.2 Å². The van der Waals surface area contributed by atoms with Crippen LogP contribution < -0.4 is 13.8 Å². The number of carbonyl (C=O) groups excluding carboxylic acids is 1. The maximum atomic E-state index is 13.4. The number of hydrogen-bond donors (Lipinski definition) is 0. The molecule has 0 spiro atoms. The van der Waals surface area contributed by atoms with Crippen LogP contribution in [0.3, 0.4) is 0 Å². The fourth-order valence-electron chi connectivity index (χ4n) is 3.13. The van der Waals surface area contributed by atoms with Gasteiger partial charge in [-0.15, -0.1) is 0 Å². The molecule has 3 aromatic rings. The number of ether oxygens (including phenoxy) is 2. The second-order valence-electron chi connectivity index (χ2n) is 7.30. The fraction of sp³-hybridized carbons (Fsp3) is 0.208. The number of amides is 1. The van der Waals surface area contributed by atoms with Gasteiger partial charge < -0.3 is 9.47 Å². The van der Waals surface area contributed by atoms with E-state index in [0.717, 1.165) is 9.87 Å². The molecule has 1 amide bonds. The summed E-state index contributed by atoms with van der Waals surface area (Å²) in [5, 5.41) is 0.389. The van der Waals surface area contributed by atoms with Gasteiger partial charge in [-0.3, -0.25) is 4.79 Å². The molecule has 3 aromatic carbocycles. The number of carbonyl (C=O) groups is 1. The number of nitrogens with zero attached hydrogens (tertiary/aromatic N) is 1. The molecular formula is C24H24ClNO5S. The van der Waals surface area contributed by atoms with E-state index < -0.39 is 22.5 Å². The first-order valence-electron chi connectivity index (χ1n) is 9.93. The Hall–Kier alpha value is -3.03. The molecule has 0 N–H and O–H groups in total. The van der Waals surface area contributed by atoms with Crippen LogP contribution in [0.5, 0.6) is 11.5 Å². The van der Waals surface area contributed by atoms with Gasteiger partial charge in [0.05, 0.1) is 17.7 Å². The Labute approximate surface area is 193 Å². The van der Waals surface area contributed by atoms with Crippen molar-refractivity contribution in [1.82, 2.24) is 0 Å². The molecule has 0 radical (unpaired) electrons. The van der Waals surface area contributed by atoms with E-state index in [2.05, 4.69) is 0 Å². The maximum Gasteiger partial charge on any atom is 0.278 e. The minimum absolute atomic E-state index is 0.0614. The number of para-hydroxylation sites is 1. The Bertz CT molecular complexity index is 1180. The van der Waals surface area contributed by atoms with Crippen LogP contribution in [0.4, 0.5) is 5.69 Å². The van der Waals surface area contributed by atoms with Crippen molar-refractivity contribution < 1.29 is 22.7 Å². The average molecular weight is 474 g/mol. The first kappa shape index (κ1) is 23.6. The van der Waals surface area contributed by atoms with Gasteiger partial charge in [-0.1, -0.05) is 43.6 Å². The first-order chi connectivity index (χ1) is 15.2. The van der Waals surface area contributed by atoms with E-state index >= 15 is 0 Å². The van der Waals surface area contributed by atoms with Gasteiger partial charge in [-0.2, -0.15) is 4.31 Å². The Balaban J connectivity index is 1.96. The van der Waals surface area contributed by atoms with Crippen molar-refractivity contribution >= 4 is 33.2 Å². The van der Waals surface area contributed by atoms with Crippen LogP contribution in [0.25, 0.3) is 0 Å². The third kappa shape index (κ3) is 5.23. The summed E-state index contributed by atoms with van der Waals surface area (Å²) in [4.78, 5) is 13.1. The summed E-state index contributed by atoms with van der Waals surface area (Å²) in [5.41, 5.74) is 1.10. The zero-order chi connectivity index (χ0) is 23.3. The molecule has 0 unspecified atom stereocenters. The van der Waals surface area contributed by atoms with Gasteiger partial charge in [-0.25, -0.2) is 8.42 Å². The molecule has 0 aromatic heterocycles. The molecule has 0 aliphatic rings. The smallest absolute Gasteiger partial charge is 0.278 e. The van der Waals surface area contributed by atoms with Crippen molar-refractivity contribution in [3.05, 3.63) is 83.4 Å². The molecule has 0 fully saturated rings. The van der Waals surface area contributed by atoms with E-state index in [-0.39, 0.29) is 16.5 Å². The number of methoxy groups -OCH3 is 1. The lowest BCUT2D eigenvalue weighted by atomic mass is 10.0. The summed E-state index contributed by atoms with van der Waals surface area (Å²) >= 11 is 5.90. The summed E-state index contributed by atoms with van der Waals surface area (Å²) in [6.45, 7) is 3.57. The van der Waals surface area contributed by atoms with Crippen molar-refractivity contribution in [2.45, 2.75) is 24.7 Å². The fourth-order valence-corrected chi connectivity index (χ4v) is 4.67. The molecule has 3 rings (SSSR count). The predicted octanol–water partition coefficient (Wildman–Crippen LogP) is 5.27. The van der Waals surface area contributed by atoms with E-state index in [1.54, 1.807) is 24.3 Å². The molecule has 0 aliphatic carbocycles. The molecule has 0 saturated carbocycles. The molecule has 6 nitrogen and oxygen atoms in total. The van der Waals surface area contributed by atoms with Gasteiger partial charge in [0, 0.05) is 5.02 Å². The molecule has 0 bridgehead atoms. The third-order valence-electron chi connectivity index (χ3n) is 4.78. The minimum Gasteiger partial charge on any atom is -0.497 e. The normalized spacial score (nSPS) is 11.3. The summed E-state index contributed by atoms with van der Waals surface area (Å²) in [7, 11) is -2.71. The Morgan fingerprint density at radius 2 is 1.59 bits per heavy atom. The van der Waals surface area contributed by atoms with E-state index in [1.807, 2.05) is 26.0 Å². The van der Waals surface area contributed by atoms with Gasteiger partial charge in [0.25, 0.3) is 15.9 Å². The Morgan fingerprint density at radius 1 is 0.969 bits per heavy atom. The summed E-state index contributed by atoms with van der Waals surface area (Å²) in [6.07, 6.45) is 0. The second-order valence-corrected chi connectivity index (χ2v) is 9.52. The molecule has 32 heavy (non-hydrogen) atoms. The molecular weight excluding hydrogens is 450 g/mol. The number of benzene rings is 3. The SMILES string of the molecule is COc1ccc(N(C(=O)COc2ccccc2C(C)C)S(=O)(=O)c2ccc(Cl)cc2)cc1. The zero-order valence-corrected chi connectivity index (χ0v) is 19.6. The Morgan fingerprint density at radius 3 is 2.19 bits per heavy atom. The van der Waals surface area contributed by atoms with E-state index in [4.69, 9.17) is 21.1 Å².